The van der Waals surface area contributed by atoms with Crippen LogP contribution in [0.4, 0.5) is 5.69 Å². The molecule has 0 saturated carbocycles. The molecule has 0 spiro atoms. The van der Waals surface area contributed by atoms with Crippen LogP contribution in [-0.4, -0.2) is 19.6 Å². The van der Waals surface area contributed by atoms with Gasteiger partial charge in [-0.25, -0.2) is 0 Å². The molecule has 112 valence electrons. The summed E-state index contributed by atoms with van der Waals surface area (Å²) in [5.41, 5.74) is 2.84. The Bertz CT molecular complexity index is 409. The molecule has 2 rings (SSSR count). The van der Waals surface area contributed by atoms with E-state index >= 15 is 0 Å². The van der Waals surface area contributed by atoms with E-state index in [1.165, 1.54) is 54.5 Å². The Morgan fingerprint density at radius 1 is 1.15 bits per heavy atom. The van der Waals surface area contributed by atoms with Gasteiger partial charge in [0, 0.05) is 29.8 Å². The predicted octanol–water partition coefficient (Wildman–Crippen LogP) is 4.58. The molecular weight excluding hydrogens is 312 g/mol. The van der Waals surface area contributed by atoms with Crippen molar-refractivity contribution in [3.8, 4) is 0 Å². The van der Waals surface area contributed by atoms with Crippen LogP contribution in [0, 0.1) is 5.92 Å². The number of halogens is 1. The Morgan fingerprint density at radius 3 is 2.50 bits per heavy atom. The number of hydrogen-bond donors (Lipinski definition) is 1. The first-order valence-electron chi connectivity index (χ1n) is 7.91. The minimum atomic E-state index is 0.701. The summed E-state index contributed by atoms with van der Waals surface area (Å²) in [6.07, 6.45) is 5.41. The highest BCUT2D eigenvalue weighted by atomic mass is 79.9. The molecule has 1 aliphatic heterocycles. The minimum Gasteiger partial charge on any atom is -0.371 e. The first kappa shape index (κ1) is 15.8. The first-order chi connectivity index (χ1) is 9.66. The average molecular weight is 339 g/mol. The fourth-order valence-corrected chi connectivity index (χ4v) is 3.14. The summed E-state index contributed by atoms with van der Waals surface area (Å²) in [5, 5.41) is 3.57. The summed E-state index contributed by atoms with van der Waals surface area (Å²) in [4.78, 5) is 2.57. The lowest BCUT2D eigenvalue weighted by Crippen LogP contribution is -2.27. The van der Waals surface area contributed by atoms with Crippen LogP contribution in [0.2, 0.25) is 0 Å². The van der Waals surface area contributed by atoms with Gasteiger partial charge in [0.25, 0.3) is 0 Å². The van der Waals surface area contributed by atoms with E-state index in [4.69, 9.17) is 0 Å². The van der Waals surface area contributed by atoms with Crippen molar-refractivity contribution in [3.63, 3.8) is 0 Å². The zero-order valence-electron chi connectivity index (χ0n) is 12.8. The Labute approximate surface area is 132 Å². The Balaban J connectivity index is 2.09. The van der Waals surface area contributed by atoms with Crippen molar-refractivity contribution in [1.29, 1.82) is 0 Å². The van der Waals surface area contributed by atoms with E-state index in [1.54, 1.807) is 0 Å². The highest BCUT2D eigenvalue weighted by molar-refractivity contribution is 9.10. The van der Waals surface area contributed by atoms with E-state index < -0.39 is 0 Å². The van der Waals surface area contributed by atoms with Crippen molar-refractivity contribution < 1.29 is 0 Å². The number of benzene rings is 1. The molecule has 0 radical (unpaired) electrons. The third-order valence-electron chi connectivity index (χ3n) is 3.86. The van der Waals surface area contributed by atoms with Gasteiger partial charge in [-0.2, -0.15) is 0 Å². The first-order valence-corrected chi connectivity index (χ1v) is 8.70. The van der Waals surface area contributed by atoms with Crippen LogP contribution >= 0.6 is 15.9 Å². The Kier molecular flexibility index (Phi) is 6.37. The molecule has 0 unspecified atom stereocenters. The van der Waals surface area contributed by atoms with Crippen LogP contribution in [-0.2, 0) is 6.54 Å². The van der Waals surface area contributed by atoms with Crippen LogP contribution in [0.5, 0.6) is 0 Å². The van der Waals surface area contributed by atoms with Crippen LogP contribution in [0.3, 0.4) is 0 Å². The van der Waals surface area contributed by atoms with Gasteiger partial charge >= 0.3 is 0 Å². The van der Waals surface area contributed by atoms with Gasteiger partial charge < -0.3 is 10.2 Å². The largest absolute Gasteiger partial charge is 0.371 e. The molecule has 1 fully saturated rings. The molecule has 1 aromatic carbocycles. The van der Waals surface area contributed by atoms with Gasteiger partial charge in [-0.15, -0.1) is 0 Å². The smallest absolute Gasteiger partial charge is 0.0423 e. The lowest BCUT2D eigenvalue weighted by Gasteiger charge is -2.26. The van der Waals surface area contributed by atoms with Gasteiger partial charge in [0.1, 0.15) is 0 Å². The molecule has 0 atom stereocenters. The van der Waals surface area contributed by atoms with Gasteiger partial charge in [-0.1, -0.05) is 48.7 Å². The summed E-state index contributed by atoms with van der Waals surface area (Å²) in [6, 6.07) is 6.71. The predicted molar refractivity (Wildman–Crippen MR) is 91.4 cm³/mol. The number of hydrogen-bond acceptors (Lipinski definition) is 2. The standard InChI is InChI=1S/C17H27BrN2/c1-14(2)12-19-13-15-7-8-16(18)11-17(15)20-9-5-3-4-6-10-20/h7-8,11,14,19H,3-6,9-10,12-13H2,1-2H3. The third kappa shape index (κ3) is 4.78. The number of nitrogens with one attached hydrogen (secondary N) is 1. The maximum absolute atomic E-state index is 3.63. The lowest BCUT2D eigenvalue weighted by atomic mass is 10.1. The van der Waals surface area contributed by atoms with Crippen molar-refractivity contribution in [3.05, 3.63) is 28.2 Å². The molecule has 1 saturated heterocycles. The zero-order chi connectivity index (χ0) is 14.4. The molecule has 1 N–H and O–H groups in total. The van der Waals surface area contributed by atoms with E-state index in [-0.39, 0.29) is 0 Å². The molecule has 0 aliphatic carbocycles. The maximum atomic E-state index is 3.63. The molecule has 2 nitrogen and oxygen atoms in total. The molecule has 0 aromatic heterocycles. The Hall–Kier alpha value is -0.540. The van der Waals surface area contributed by atoms with E-state index in [2.05, 4.69) is 58.2 Å². The van der Waals surface area contributed by atoms with Crippen LogP contribution in [0.1, 0.15) is 45.1 Å². The van der Waals surface area contributed by atoms with E-state index in [0.29, 0.717) is 5.92 Å². The van der Waals surface area contributed by atoms with Gasteiger partial charge in [0.15, 0.2) is 0 Å². The zero-order valence-corrected chi connectivity index (χ0v) is 14.4. The van der Waals surface area contributed by atoms with Gasteiger partial charge in [-0.05, 0) is 43.0 Å². The molecule has 1 aliphatic rings. The molecule has 0 amide bonds. The van der Waals surface area contributed by atoms with Gasteiger partial charge in [0.05, 0.1) is 0 Å². The molecule has 20 heavy (non-hydrogen) atoms. The van der Waals surface area contributed by atoms with E-state index in [9.17, 15) is 0 Å². The second-order valence-corrected chi connectivity index (χ2v) is 7.11. The van der Waals surface area contributed by atoms with Crippen LogP contribution in [0.25, 0.3) is 0 Å². The van der Waals surface area contributed by atoms with Crippen molar-refractivity contribution in [2.75, 3.05) is 24.5 Å². The van der Waals surface area contributed by atoms with Crippen molar-refractivity contribution in [2.24, 2.45) is 5.92 Å². The van der Waals surface area contributed by atoms with E-state index in [0.717, 1.165) is 13.1 Å². The SMILES string of the molecule is CC(C)CNCc1ccc(Br)cc1N1CCCCCC1. The average Bonchev–Trinajstić information content (AvgIpc) is 2.69. The highest BCUT2D eigenvalue weighted by Gasteiger charge is 2.14. The molecular formula is C17H27BrN2. The second kappa shape index (κ2) is 8.04. The van der Waals surface area contributed by atoms with E-state index in [1.807, 2.05) is 0 Å². The molecule has 3 heteroatoms. The Morgan fingerprint density at radius 2 is 1.85 bits per heavy atom. The summed E-state index contributed by atoms with van der Waals surface area (Å²) in [5.74, 6) is 0.701. The molecule has 0 bridgehead atoms. The summed E-state index contributed by atoms with van der Waals surface area (Å²) < 4.78 is 1.18. The second-order valence-electron chi connectivity index (χ2n) is 6.20. The normalized spacial score (nSPS) is 16.5. The van der Waals surface area contributed by atoms with Gasteiger partial charge in [-0.3, -0.25) is 0 Å². The fraction of sp³-hybridized carbons (Fsp3) is 0.647. The van der Waals surface area contributed by atoms with Crippen molar-refractivity contribution in [2.45, 2.75) is 46.1 Å². The number of anilines is 1. The monoisotopic (exact) mass is 338 g/mol. The minimum absolute atomic E-state index is 0.701. The quantitative estimate of drug-likeness (QED) is 0.845. The van der Waals surface area contributed by atoms with Crippen LogP contribution < -0.4 is 10.2 Å². The number of nitrogens with zero attached hydrogens (tertiary/aromatic N) is 1. The molecule has 1 aromatic rings. The lowest BCUT2D eigenvalue weighted by molar-refractivity contribution is 0.552. The molecule has 1 heterocycles. The third-order valence-corrected chi connectivity index (χ3v) is 4.36. The van der Waals surface area contributed by atoms with Crippen molar-refractivity contribution >= 4 is 21.6 Å². The fourth-order valence-electron chi connectivity index (χ4n) is 2.79. The van der Waals surface area contributed by atoms with Crippen molar-refractivity contribution in [1.82, 2.24) is 5.32 Å². The number of rotatable bonds is 5. The highest BCUT2D eigenvalue weighted by Crippen LogP contribution is 2.27. The van der Waals surface area contributed by atoms with Crippen LogP contribution in [0.15, 0.2) is 22.7 Å². The summed E-state index contributed by atoms with van der Waals surface area (Å²) >= 11 is 3.63. The van der Waals surface area contributed by atoms with Gasteiger partial charge in [0.2, 0.25) is 0 Å². The summed E-state index contributed by atoms with van der Waals surface area (Å²) in [6.45, 7) is 8.96. The maximum Gasteiger partial charge on any atom is 0.0423 e. The topological polar surface area (TPSA) is 15.3 Å². The summed E-state index contributed by atoms with van der Waals surface area (Å²) in [7, 11) is 0.